The van der Waals surface area contributed by atoms with Gasteiger partial charge in [0.05, 0.1) is 13.0 Å². The molecule has 0 fully saturated rings. The highest BCUT2D eigenvalue weighted by Crippen LogP contribution is 2.30. The van der Waals surface area contributed by atoms with Crippen LogP contribution in [0.25, 0.3) is 0 Å². The van der Waals surface area contributed by atoms with Gasteiger partial charge in [-0.15, -0.1) is 11.6 Å². The van der Waals surface area contributed by atoms with Crippen molar-refractivity contribution in [3.63, 3.8) is 0 Å². The van der Waals surface area contributed by atoms with Crippen molar-refractivity contribution in [1.29, 1.82) is 0 Å². The maximum Gasteiger partial charge on any atom is 0.264 e. The molecule has 1 aromatic rings. The highest BCUT2D eigenvalue weighted by atomic mass is 127. The molecule has 0 radical (unpaired) electrons. The minimum atomic E-state index is -2.56. The van der Waals surface area contributed by atoms with Gasteiger partial charge >= 0.3 is 0 Å². The molecule has 0 spiro atoms. The third kappa shape index (κ3) is 2.44. The van der Waals surface area contributed by atoms with E-state index in [-0.39, 0.29) is 22.9 Å². The van der Waals surface area contributed by atoms with Crippen LogP contribution in [0.3, 0.4) is 0 Å². The topological polar surface area (TPSA) is 22.1 Å². The van der Waals surface area contributed by atoms with Crippen molar-refractivity contribution in [3.8, 4) is 5.88 Å². The van der Waals surface area contributed by atoms with Gasteiger partial charge in [0.1, 0.15) is 3.70 Å². The van der Waals surface area contributed by atoms with Crippen molar-refractivity contribution < 1.29 is 13.5 Å². The molecule has 78 valence electrons. The van der Waals surface area contributed by atoms with Crippen molar-refractivity contribution >= 4 is 34.2 Å². The number of hydrogen-bond donors (Lipinski definition) is 0. The highest BCUT2D eigenvalue weighted by molar-refractivity contribution is 14.1. The number of rotatable bonds is 3. The minimum absolute atomic E-state index is 0.0350. The van der Waals surface area contributed by atoms with Crippen molar-refractivity contribution in [2.24, 2.45) is 0 Å². The van der Waals surface area contributed by atoms with Gasteiger partial charge in [0, 0.05) is 11.1 Å². The smallest absolute Gasteiger partial charge is 0.264 e. The van der Waals surface area contributed by atoms with Crippen LogP contribution in [0.15, 0.2) is 6.07 Å². The molecule has 0 aromatic carbocycles. The van der Waals surface area contributed by atoms with E-state index in [2.05, 4.69) is 4.98 Å². The monoisotopic (exact) mass is 333 g/mol. The lowest BCUT2D eigenvalue weighted by molar-refractivity contribution is 0.149. The Hall–Kier alpha value is -0.170. The van der Waals surface area contributed by atoms with Crippen LogP contribution in [0.4, 0.5) is 8.78 Å². The number of alkyl halides is 3. The summed E-state index contributed by atoms with van der Waals surface area (Å²) in [7, 11) is 1.38. The Morgan fingerprint density at radius 2 is 2.29 bits per heavy atom. The Kier molecular flexibility index (Phi) is 4.31. The van der Waals surface area contributed by atoms with Gasteiger partial charge in [0.2, 0.25) is 5.88 Å². The van der Waals surface area contributed by atoms with Crippen LogP contribution in [0.5, 0.6) is 5.88 Å². The summed E-state index contributed by atoms with van der Waals surface area (Å²) in [6, 6.07) is 1.31. The Morgan fingerprint density at radius 3 is 2.71 bits per heavy atom. The van der Waals surface area contributed by atoms with Crippen LogP contribution in [-0.4, -0.2) is 12.1 Å². The Balaban J connectivity index is 3.31. The molecule has 0 bridgehead atoms. The number of aromatic nitrogens is 1. The Morgan fingerprint density at radius 1 is 1.64 bits per heavy atom. The second-order valence-electron chi connectivity index (χ2n) is 2.46. The molecular weight excluding hydrogens is 326 g/mol. The lowest BCUT2D eigenvalue weighted by Crippen LogP contribution is -2.01. The average molecular weight is 334 g/mol. The van der Waals surface area contributed by atoms with E-state index in [0.717, 1.165) is 0 Å². The number of hydrogen-bond acceptors (Lipinski definition) is 2. The fourth-order valence-corrected chi connectivity index (χ4v) is 1.86. The van der Waals surface area contributed by atoms with E-state index in [9.17, 15) is 8.78 Å². The molecule has 0 atom stereocenters. The van der Waals surface area contributed by atoms with Crippen molar-refractivity contribution in [2.75, 3.05) is 7.11 Å². The average Bonchev–Trinajstić information content (AvgIpc) is 2.16. The fourth-order valence-electron chi connectivity index (χ4n) is 1.03. The molecular formula is C8H7ClF2INO. The van der Waals surface area contributed by atoms with Crippen LogP contribution in [0.2, 0.25) is 0 Å². The molecule has 1 rings (SSSR count). The van der Waals surface area contributed by atoms with Crippen LogP contribution < -0.4 is 4.74 Å². The first-order valence-electron chi connectivity index (χ1n) is 3.67. The van der Waals surface area contributed by atoms with E-state index in [1.807, 2.05) is 22.6 Å². The van der Waals surface area contributed by atoms with Crippen LogP contribution in [-0.2, 0) is 5.88 Å². The van der Waals surface area contributed by atoms with Gasteiger partial charge in [-0.2, -0.15) is 0 Å². The van der Waals surface area contributed by atoms with Crippen LogP contribution >= 0.6 is 34.2 Å². The molecule has 0 saturated carbocycles. The van der Waals surface area contributed by atoms with E-state index in [1.165, 1.54) is 13.2 Å². The summed E-state index contributed by atoms with van der Waals surface area (Å²) in [5.74, 6) is 0.134. The highest BCUT2D eigenvalue weighted by Gasteiger charge is 2.18. The molecule has 0 aliphatic heterocycles. The summed E-state index contributed by atoms with van der Waals surface area (Å²) in [5, 5.41) is 0. The van der Waals surface area contributed by atoms with Gasteiger partial charge in [0.25, 0.3) is 6.43 Å². The first-order chi connectivity index (χ1) is 6.60. The molecule has 0 saturated heterocycles. The molecule has 1 heterocycles. The van der Waals surface area contributed by atoms with Gasteiger partial charge < -0.3 is 4.74 Å². The molecule has 6 heteroatoms. The van der Waals surface area contributed by atoms with E-state index in [0.29, 0.717) is 3.70 Å². The van der Waals surface area contributed by atoms with Gasteiger partial charge in [-0.25, -0.2) is 13.8 Å². The first kappa shape index (κ1) is 11.9. The first-order valence-corrected chi connectivity index (χ1v) is 5.29. The molecule has 0 aliphatic carbocycles. The fraction of sp³-hybridized carbons (Fsp3) is 0.375. The maximum absolute atomic E-state index is 12.6. The molecule has 14 heavy (non-hydrogen) atoms. The molecule has 0 amide bonds. The van der Waals surface area contributed by atoms with Gasteiger partial charge in [-0.3, -0.25) is 0 Å². The lowest BCUT2D eigenvalue weighted by atomic mass is 10.1. The predicted molar refractivity (Wildman–Crippen MR) is 58.0 cm³/mol. The molecule has 1 aromatic heterocycles. The zero-order valence-corrected chi connectivity index (χ0v) is 10.1. The number of pyridine rings is 1. The number of methoxy groups -OCH3 is 1. The zero-order valence-electron chi connectivity index (χ0n) is 7.23. The number of halogens is 4. The number of nitrogens with zero attached hydrogens (tertiary/aromatic N) is 1. The summed E-state index contributed by atoms with van der Waals surface area (Å²) in [4.78, 5) is 3.95. The van der Waals surface area contributed by atoms with Crippen molar-refractivity contribution in [1.82, 2.24) is 4.98 Å². The molecule has 0 aliphatic rings. The zero-order chi connectivity index (χ0) is 10.7. The van der Waals surface area contributed by atoms with E-state index < -0.39 is 6.43 Å². The molecule has 0 N–H and O–H groups in total. The predicted octanol–water partition coefficient (Wildman–Crippen LogP) is 3.37. The largest absolute Gasteiger partial charge is 0.481 e. The Labute approximate surface area is 98.8 Å². The molecule has 2 nitrogen and oxygen atoms in total. The SMILES string of the molecule is COc1nc(I)cc(C(F)F)c1CCl. The summed E-state index contributed by atoms with van der Waals surface area (Å²) >= 11 is 7.41. The Bertz CT molecular complexity index is 335. The summed E-state index contributed by atoms with van der Waals surface area (Å²) in [6.07, 6.45) is -2.56. The second kappa shape index (κ2) is 5.06. The lowest BCUT2D eigenvalue weighted by Gasteiger charge is -2.10. The van der Waals surface area contributed by atoms with E-state index >= 15 is 0 Å². The van der Waals surface area contributed by atoms with Gasteiger partial charge in [-0.1, -0.05) is 0 Å². The standard InChI is InChI=1S/C8H7ClF2INO/c1-14-8-5(3-9)4(7(10)11)2-6(12)13-8/h2,7H,3H2,1H3. The summed E-state index contributed by atoms with van der Waals surface area (Å²) in [6.45, 7) is 0. The van der Waals surface area contributed by atoms with Gasteiger partial charge in [0.15, 0.2) is 0 Å². The maximum atomic E-state index is 12.6. The quantitative estimate of drug-likeness (QED) is 0.481. The van der Waals surface area contributed by atoms with Crippen LogP contribution in [0.1, 0.15) is 17.6 Å². The van der Waals surface area contributed by atoms with E-state index in [1.54, 1.807) is 0 Å². The summed E-state index contributed by atoms with van der Waals surface area (Å²) in [5.41, 5.74) is 0.140. The normalized spacial score (nSPS) is 10.7. The minimum Gasteiger partial charge on any atom is -0.481 e. The molecule has 0 unspecified atom stereocenters. The van der Waals surface area contributed by atoms with E-state index in [4.69, 9.17) is 16.3 Å². The second-order valence-corrected chi connectivity index (χ2v) is 3.83. The summed E-state index contributed by atoms with van der Waals surface area (Å²) < 4.78 is 30.5. The van der Waals surface area contributed by atoms with Crippen molar-refractivity contribution in [2.45, 2.75) is 12.3 Å². The third-order valence-corrected chi connectivity index (χ3v) is 2.47. The van der Waals surface area contributed by atoms with Crippen molar-refractivity contribution in [3.05, 3.63) is 20.9 Å². The third-order valence-electron chi connectivity index (χ3n) is 1.65. The van der Waals surface area contributed by atoms with Crippen LogP contribution in [0, 0.1) is 3.70 Å². The number of ether oxygens (including phenoxy) is 1. The van der Waals surface area contributed by atoms with Gasteiger partial charge in [-0.05, 0) is 28.7 Å².